The van der Waals surface area contributed by atoms with E-state index in [4.69, 9.17) is 9.15 Å². The molecule has 0 bridgehead atoms. The number of hydrogen-bond donors (Lipinski definition) is 2. The van der Waals surface area contributed by atoms with Crippen LogP contribution in [-0.2, 0) is 10.0 Å². The highest BCUT2D eigenvalue weighted by atomic mass is 32.2. The van der Waals surface area contributed by atoms with Gasteiger partial charge in [0.05, 0.1) is 23.8 Å². The zero-order valence-corrected chi connectivity index (χ0v) is 13.6. The van der Waals surface area contributed by atoms with Gasteiger partial charge in [-0.25, -0.2) is 13.1 Å². The lowest BCUT2D eigenvalue weighted by Gasteiger charge is -2.08. The molecule has 8 heteroatoms. The van der Waals surface area contributed by atoms with E-state index in [0.29, 0.717) is 17.1 Å². The maximum atomic E-state index is 12.1. The van der Waals surface area contributed by atoms with E-state index < -0.39 is 10.0 Å². The Bertz CT molecular complexity index is 765. The second kappa shape index (κ2) is 7.30. The van der Waals surface area contributed by atoms with Crippen LogP contribution in [0.2, 0.25) is 0 Å². The number of carbonyl (C=O) groups excluding carboxylic acids is 1. The lowest BCUT2D eigenvalue weighted by molar-refractivity contribution is 0.0953. The molecule has 1 heterocycles. The molecule has 0 fully saturated rings. The van der Waals surface area contributed by atoms with Gasteiger partial charge in [0.1, 0.15) is 11.5 Å². The third-order valence-corrected chi connectivity index (χ3v) is 4.65. The fraction of sp³-hybridized carbons (Fsp3) is 0.267. The zero-order chi connectivity index (χ0) is 16.9. The number of carbonyl (C=O) groups is 1. The van der Waals surface area contributed by atoms with E-state index >= 15 is 0 Å². The largest absolute Gasteiger partial charge is 0.497 e. The van der Waals surface area contributed by atoms with Crippen LogP contribution in [0.3, 0.4) is 0 Å². The van der Waals surface area contributed by atoms with Crippen LogP contribution in [0.5, 0.6) is 5.75 Å². The van der Waals surface area contributed by atoms with Crippen molar-refractivity contribution < 1.29 is 22.4 Å². The molecule has 2 N–H and O–H groups in total. The Morgan fingerprint density at radius 3 is 2.43 bits per heavy atom. The van der Waals surface area contributed by atoms with Crippen LogP contribution in [0.15, 0.2) is 45.9 Å². The fourth-order valence-electron chi connectivity index (χ4n) is 1.92. The number of ether oxygens (including phenoxy) is 1. The maximum absolute atomic E-state index is 12.1. The van der Waals surface area contributed by atoms with Gasteiger partial charge < -0.3 is 14.5 Å². The van der Waals surface area contributed by atoms with Gasteiger partial charge in [-0.15, -0.1) is 0 Å². The van der Waals surface area contributed by atoms with Crippen molar-refractivity contribution in [1.29, 1.82) is 0 Å². The van der Waals surface area contributed by atoms with Gasteiger partial charge in [-0.3, -0.25) is 4.79 Å². The molecule has 0 aliphatic heterocycles. The van der Waals surface area contributed by atoms with Crippen molar-refractivity contribution >= 4 is 15.9 Å². The van der Waals surface area contributed by atoms with E-state index in [9.17, 15) is 13.2 Å². The molecule has 0 aliphatic rings. The summed E-state index contributed by atoms with van der Waals surface area (Å²) in [7, 11) is -2.11. The second-order valence-corrected chi connectivity index (χ2v) is 6.49. The fourth-order valence-corrected chi connectivity index (χ4v) is 2.95. The number of nitrogens with one attached hydrogen (secondary N) is 2. The Morgan fingerprint density at radius 2 is 1.87 bits per heavy atom. The molecule has 124 valence electrons. The molecule has 0 atom stereocenters. The van der Waals surface area contributed by atoms with E-state index in [1.165, 1.54) is 25.5 Å². The molecule has 0 spiro atoms. The van der Waals surface area contributed by atoms with Gasteiger partial charge in [-0.2, -0.15) is 0 Å². The number of benzene rings is 1. The Labute approximate surface area is 134 Å². The zero-order valence-electron chi connectivity index (χ0n) is 12.8. The molecule has 1 aromatic heterocycles. The first-order chi connectivity index (χ1) is 10.9. The highest BCUT2D eigenvalue weighted by molar-refractivity contribution is 7.89. The van der Waals surface area contributed by atoms with Gasteiger partial charge in [0, 0.05) is 13.1 Å². The smallest absolute Gasteiger partial charge is 0.254 e. The molecular weight excluding hydrogens is 320 g/mol. The number of furan rings is 1. The molecule has 23 heavy (non-hydrogen) atoms. The number of amides is 1. The van der Waals surface area contributed by atoms with E-state index in [1.54, 1.807) is 25.1 Å². The summed E-state index contributed by atoms with van der Waals surface area (Å²) in [5.74, 6) is 0.785. The highest BCUT2D eigenvalue weighted by Crippen LogP contribution is 2.15. The molecule has 2 rings (SSSR count). The monoisotopic (exact) mass is 338 g/mol. The summed E-state index contributed by atoms with van der Waals surface area (Å²) in [5, 5.41) is 2.62. The minimum atomic E-state index is -3.62. The Balaban J connectivity index is 1.85. The third kappa shape index (κ3) is 4.33. The van der Waals surface area contributed by atoms with Crippen LogP contribution >= 0.6 is 0 Å². The topological polar surface area (TPSA) is 97.6 Å². The van der Waals surface area contributed by atoms with Crippen LogP contribution in [0, 0.1) is 6.92 Å². The molecule has 0 aliphatic carbocycles. The Hall–Kier alpha value is -2.32. The van der Waals surface area contributed by atoms with Crippen molar-refractivity contribution in [3.05, 3.63) is 47.9 Å². The average molecular weight is 338 g/mol. The molecule has 7 nitrogen and oxygen atoms in total. The first kappa shape index (κ1) is 17.0. The number of aryl methyl sites for hydroxylation is 1. The predicted octanol–water partition coefficient (Wildman–Crippen LogP) is 1.30. The van der Waals surface area contributed by atoms with E-state index in [2.05, 4.69) is 10.0 Å². The first-order valence-electron chi connectivity index (χ1n) is 6.90. The summed E-state index contributed by atoms with van der Waals surface area (Å²) in [6.07, 6.45) is 1.43. The van der Waals surface area contributed by atoms with Gasteiger partial charge >= 0.3 is 0 Å². The summed E-state index contributed by atoms with van der Waals surface area (Å²) in [6, 6.07) is 7.60. The Kier molecular flexibility index (Phi) is 5.41. The predicted molar refractivity (Wildman–Crippen MR) is 84.0 cm³/mol. The van der Waals surface area contributed by atoms with Crippen molar-refractivity contribution in [2.45, 2.75) is 11.8 Å². The molecule has 0 unspecified atom stereocenters. The number of sulfonamides is 1. The van der Waals surface area contributed by atoms with Crippen molar-refractivity contribution in [1.82, 2.24) is 10.0 Å². The van der Waals surface area contributed by atoms with Crippen molar-refractivity contribution in [3.8, 4) is 5.75 Å². The normalized spacial score (nSPS) is 11.2. The molecule has 2 aromatic rings. The highest BCUT2D eigenvalue weighted by Gasteiger charge is 2.14. The number of hydrogen-bond acceptors (Lipinski definition) is 5. The molecule has 1 aromatic carbocycles. The summed E-state index contributed by atoms with van der Waals surface area (Å²) in [6.45, 7) is 1.93. The molecule has 0 radical (unpaired) electrons. The molecule has 0 saturated carbocycles. The van der Waals surface area contributed by atoms with Crippen LogP contribution in [-0.4, -0.2) is 34.5 Å². The van der Waals surface area contributed by atoms with Crippen LogP contribution in [0.4, 0.5) is 0 Å². The van der Waals surface area contributed by atoms with E-state index in [-0.39, 0.29) is 23.9 Å². The quantitative estimate of drug-likeness (QED) is 0.742. The first-order valence-corrected chi connectivity index (χ1v) is 8.38. The molecule has 0 saturated heterocycles. The minimum absolute atomic E-state index is 0.0804. The summed E-state index contributed by atoms with van der Waals surface area (Å²) >= 11 is 0. The van der Waals surface area contributed by atoms with E-state index in [1.807, 2.05) is 0 Å². The SMILES string of the molecule is COc1ccc(S(=O)(=O)NCCNC(=O)c2ccoc2C)cc1. The van der Waals surface area contributed by atoms with E-state index in [0.717, 1.165) is 0 Å². The van der Waals surface area contributed by atoms with Gasteiger partial charge in [-0.05, 0) is 37.3 Å². The van der Waals surface area contributed by atoms with Crippen LogP contribution < -0.4 is 14.8 Å². The lowest BCUT2D eigenvalue weighted by atomic mass is 10.2. The van der Waals surface area contributed by atoms with Crippen molar-refractivity contribution in [2.75, 3.05) is 20.2 Å². The van der Waals surface area contributed by atoms with Gasteiger partial charge in [0.15, 0.2) is 0 Å². The van der Waals surface area contributed by atoms with Gasteiger partial charge in [0.25, 0.3) is 5.91 Å². The van der Waals surface area contributed by atoms with Crippen molar-refractivity contribution in [2.24, 2.45) is 0 Å². The summed E-state index contributed by atoms with van der Waals surface area (Å²) in [5.41, 5.74) is 0.433. The number of methoxy groups -OCH3 is 1. The summed E-state index contributed by atoms with van der Waals surface area (Å²) < 4.78 is 36.6. The molecular formula is C15H18N2O5S. The third-order valence-electron chi connectivity index (χ3n) is 3.18. The lowest BCUT2D eigenvalue weighted by Crippen LogP contribution is -2.34. The van der Waals surface area contributed by atoms with Crippen molar-refractivity contribution in [3.63, 3.8) is 0 Å². The second-order valence-electron chi connectivity index (χ2n) is 4.72. The standard InChI is InChI=1S/C15H18N2O5S/c1-11-14(7-10-22-11)15(18)16-8-9-17-23(19,20)13-5-3-12(21-2)4-6-13/h3-7,10,17H,8-9H2,1-2H3,(H,16,18). The van der Waals surface area contributed by atoms with Gasteiger partial charge in [0.2, 0.25) is 10.0 Å². The van der Waals surface area contributed by atoms with Gasteiger partial charge in [-0.1, -0.05) is 0 Å². The van der Waals surface area contributed by atoms with Crippen LogP contribution in [0.1, 0.15) is 16.1 Å². The maximum Gasteiger partial charge on any atom is 0.254 e. The minimum Gasteiger partial charge on any atom is -0.497 e. The Morgan fingerprint density at radius 1 is 1.17 bits per heavy atom. The average Bonchev–Trinajstić information content (AvgIpc) is 2.97. The summed E-state index contributed by atoms with van der Waals surface area (Å²) in [4.78, 5) is 12.0. The van der Waals surface area contributed by atoms with Crippen LogP contribution in [0.25, 0.3) is 0 Å². The number of rotatable bonds is 7. The molecule has 1 amide bonds.